The van der Waals surface area contributed by atoms with E-state index in [0.29, 0.717) is 5.56 Å². The maximum absolute atomic E-state index is 14.5. The van der Waals surface area contributed by atoms with Crippen LogP contribution in [0.25, 0.3) is 0 Å². The second-order valence-corrected chi connectivity index (χ2v) is 7.19. The van der Waals surface area contributed by atoms with E-state index < -0.39 is 35.4 Å². The number of benzene rings is 2. The summed E-state index contributed by atoms with van der Waals surface area (Å²) >= 11 is 0. The van der Waals surface area contributed by atoms with Crippen molar-refractivity contribution in [3.63, 3.8) is 0 Å². The molecular formula is C21H17F2N3O4. The Kier molecular flexibility index (Phi) is 5.03. The Morgan fingerprint density at radius 2 is 1.87 bits per heavy atom. The summed E-state index contributed by atoms with van der Waals surface area (Å²) in [5, 5.41) is 4.77. The van der Waals surface area contributed by atoms with Gasteiger partial charge in [-0.3, -0.25) is 24.5 Å². The summed E-state index contributed by atoms with van der Waals surface area (Å²) in [6.45, 7) is -0.0123. The van der Waals surface area contributed by atoms with Gasteiger partial charge in [-0.25, -0.2) is 8.78 Å². The van der Waals surface area contributed by atoms with Crippen LogP contribution in [0, 0.1) is 11.6 Å². The summed E-state index contributed by atoms with van der Waals surface area (Å²) in [6, 6.07) is 6.75. The molecule has 7 nitrogen and oxygen atoms in total. The Morgan fingerprint density at radius 3 is 2.57 bits per heavy atom. The molecule has 9 heteroatoms. The first kappa shape index (κ1) is 19.7. The van der Waals surface area contributed by atoms with Crippen molar-refractivity contribution in [2.24, 2.45) is 0 Å². The average Bonchev–Trinajstić information content (AvgIpc) is 3.02. The fourth-order valence-electron chi connectivity index (χ4n) is 3.65. The molecule has 154 valence electrons. The van der Waals surface area contributed by atoms with E-state index in [1.807, 2.05) is 0 Å². The number of carbonyl (C=O) groups is 4. The van der Waals surface area contributed by atoms with Crippen molar-refractivity contribution in [3.8, 4) is 0 Å². The lowest BCUT2D eigenvalue weighted by atomic mass is 10.0. The number of nitrogens with zero attached hydrogens (tertiary/aromatic N) is 1. The molecule has 30 heavy (non-hydrogen) atoms. The average molecular weight is 413 g/mol. The number of piperidine rings is 1. The molecule has 2 aliphatic rings. The van der Waals surface area contributed by atoms with Crippen molar-refractivity contribution in [1.29, 1.82) is 0 Å². The van der Waals surface area contributed by atoms with E-state index in [0.717, 1.165) is 18.2 Å². The Hall–Kier alpha value is -3.62. The number of nitrogens with one attached hydrogen (secondary N) is 2. The third kappa shape index (κ3) is 3.66. The van der Waals surface area contributed by atoms with Crippen LogP contribution in [0.15, 0.2) is 36.4 Å². The van der Waals surface area contributed by atoms with Crippen molar-refractivity contribution >= 4 is 23.6 Å². The molecule has 0 bridgehead atoms. The first-order valence-corrected chi connectivity index (χ1v) is 9.33. The van der Waals surface area contributed by atoms with Gasteiger partial charge in [-0.1, -0.05) is 0 Å². The minimum atomic E-state index is -0.785. The van der Waals surface area contributed by atoms with Crippen molar-refractivity contribution in [2.45, 2.75) is 32.0 Å². The van der Waals surface area contributed by atoms with Crippen LogP contribution in [0.5, 0.6) is 0 Å². The van der Waals surface area contributed by atoms with Crippen molar-refractivity contribution < 1.29 is 28.0 Å². The fraction of sp³-hybridized carbons (Fsp3) is 0.238. The summed E-state index contributed by atoms with van der Waals surface area (Å²) in [6.07, 6.45) is 0.346. The molecule has 2 aromatic rings. The van der Waals surface area contributed by atoms with Gasteiger partial charge in [0.2, 0.25) is 11.8 Å². The minimum absolute atomic E-state index is 0.111. The van der Waals surface area contributed by atoms with Gasteiger partial charge >= 0.3 is 0 Å². The highest BCUT2D eigenvalue weighted by molar-refractivity contribution is 6.05. The van der Waals surface area contributed by atoms with Gasteiger partial charge in [-0.2, -0.15) is 0 Å². The van der Waals surface area contributed by atoms with Gasteiger partial charge in [0, 0.05) is 36.2 Å². The summed E-state index contributed by atoms with van der Waals surface area (Å²) < 4.78 is 27.5. The second kappa shape index (κ2) is 7.66. The quantitative estimate of drug-likeness (QED) is 0.746. The molecule has 0 aromatic heterocycles. The molecule has 2 N–H and O–H groups in total. The lowest BCUT2D eigenvalue weighted by Gasteiger charge is -2.29. The zero-order valence-corrected chi connectivity index (χ0v) is 15.7. The molecule has 1 atom stereocenters. The van der Waals surface area contributed by atoms with Gasteiger partial charge < -0.3 is 10.2 Å². The second-order valence-electron chi connectivity index (χ2n) is 7.19. The number of hydrogen-bond acceptors (Lipinski definition) is 4. The van der Waals surface area contributed by atoms with Crippen LogP contribution in [0.2, 0.25) is 0 Å². The summed E-state index contributed by atoms with van der Waals surface area (Å²) in [7, 11) is 0. The predicted molar refractivity (Wildman–Crippen MR) is 100 cm³/mol. The largest absolute Gasteiger partial charge is 0.348 e. The van der Waals surface area contributed by atoms with Gasteiger partial charge in [-0.05, 0) is 48.4 Å². The van der Waals surface area contributed by atoms with E-state index in [1.54, 1.807) is 0 Å². The zero-order chi connectivity index (χ0) is 21.4. The van der Waals surface area contributed by atoms with Crippen LogP contribution in [-0.4, -0.2) is 34.6 Å². The van der Waals surface area contributed by atoms with E-state index in [9.17, 15) is 28.0 Å². The van der Waals surface area contributed by atoms with Gasteiger partial charge in [-0.15, -0.1) is 0 Å². The van der Waals surface area contributed by atoms with Gasteiger partial charge in [0.25, 0.3) is 11.8 Å². The molecule has 2 aliphatic heterocycles. The Balaban J connectivity index is 1.48. The monoisotopic (exact) mass is 413 g/mol. The number of imide groups is 1. The van der Waals surface area contributed by atoms with Crippen molar-refractivity contribution in [1.82, 2.24) is 15.5 Å². The molecule has 0 radical (unpaired) electrons. The van der Waals surface area contributed by atoms with E-state index in [4.69, 9.17) is 0 Å². The SMILES string of the molecule is O=C1CCC(N2Cc3cc(CNC(=O)c4ccc(F)cc4)c(F)cc3C2=O)C(=O)N1. The first-order valence-electron chi connectivity index (χ1n) is 9.33. The predicted octanol–water partition coefficient (Wildman–Crippen LogP) is 1.66. The number of rotatable bonds is 4. The third-order valence-electron chi connectivity index (χ3n) is 5.24. The molecule has 2 aromatic carbocycles. The van der Waals surface area contributed by atoms with E-state index in [-0.39, 0.29) is 48.5 Å². The maximum Gasteiger partial charge on any atom is 0.255 e. The Morgan fingerprint density at radius 1 is 1.13 bits per heavy atom. The molecule has 4 rings (SSSR count). The maximum atomic E-state index is 14.5. The Bertz CT molecular complexity index is 1070. The third-order valence-corrected chi connectivity index (χ3v) is 5.24. The van der Waals surface area contributed by atoms with E-state index in [1.165, 1.54) is 23.1 Å². The van der Waals surface area contributed by atoms with Crippen molar-refractivity contribution in [3.05, 3.63) is 70.3 Å². The highest BCUT2D eigenvalue weighted by Gasteiger charge is 2.39. The fourth-order valence-corrected chi connectivity index (χ4v) is 3.65. The van der Waals surface area contributed by atoms with Gasteiger partial charge in [0.05, 0.1) is 0 Å². The number of halogens is 2. The molecule has 0 saturated carbocycles. The molecule has 2 heterocycles. The van der Waals surface area contributed by atoms with E-state index >= 15 is 0 Å². The number of carbonyl (C=O) groups excluding carboxylic acids is 4. The molecule has 1 saturated heterocycles. The van der Waals surface area contributed by atoms with Crippen LogP contribution in [0.3, 0.4) is 0 Å². The van der Waals surface area contributed by atoms with Crippen LogP contribution in [-0.2, 0) is 22.7 Å². The Labute approximate surface area is 170 Å². The summed E-state index contributed by atoms with van der Waals surface area (Å²) in [5.74, 6) is -3.02. The normalized spacial score (nSPS) is 18.3. The zero-order valence-electron chi connectivity index (χ0n) is 15.7. The molecule has 1 unspecified atom stereocenters. The van der Waals surface area contributed by atoms with Crippen LogP contribution in [0.4, 0.5) is 8.78 Å². The minimum Gasteiger partial charge on any atom is -0.348 e. The molecule has 4 amide bonds. The number of amides is 4. The first-order chi connectivity index (χ1) is 14.3. The topological polar surface area (TPSA) is 95.6 Å². The number of hydrogen-bond donors (Lipinski definition) is 2. The smallest absolute Gasteiger partial charge is 0.255 e. The molecule has 1 fully saturated rings. The van der Waals surface area contributed by atoms with Crippen LogP contribution < -0.4 is 10.6 Å². The van der Waals surface area contributed by atoms with Crippen molar-refractivity contribution in [2.75, 3.05) is 0 Å². The highest BCUT2D eigenvalue weighted by Crippen LogP contribution is 2.29. The van der Waals surface area contributed by atoms with Gasteiger partial charge in [0.15, 0.2) is 0 Å². The lowest BCUT2D eigenvalue weighted by molar-refractivity contribution is -0.136. The summed E-state index contributed by atoms with van der Waals surface area (Å²) in [5.41, 5.74) is 1.11. The number of fused-ring (bicyclic) bond motifs is 1. The van der Waals surface area contributed by atoms with Gasteiger partial charge in [0.1, 0.15) is 17.7 Å². The van der Waals surface area contributed by atoms with Crippen LogP contribution in [0.1, 0.15) is 44.7 Å². The standard InChI is InChI=1S/C21H17F2N3O4/c22-14-3-1-11(2-4-14)19(28)24-9-12-7-13-10-26(21(30)15(13)8-16(12)23)17-5-6-18(27)25-20(17)29/h1-4,7-8,17H,5-6,9-10H2,(H,24,28)(H,25,27,29). The van der Waals surface area contributed by atoms with Crippen LogP contribution >= 0.6 is 0 Å². The lowest BCUT2D eigenvalue weighted by Crippen LogP contribution is -2.52. The summed E-state index contributed by atoms with van der Waals surface area (Å²) in [4.78, 5) is 49.6. The molecule has 0 spiro atoms. The molecule has 0 aliphatic carbocycles. The molecular weight excluding hydrogens is 396 g/mol. The van der Waals surface area contributed by atoms with E-state index in [2.05, 4.69) is 10.6 Å². The highest BCUT2D eigenvalue weighted by atomic mass is 19.1.